The van der Waals surface area contributed by atoms with Gasteiger partial charge in [0.15, 0.2) is 5.16 Å². The van der Waals surface area contributed by atoms with E-state index in [1.807, 2.05) is 0 Å². The number of aliphatic carboxylic acids is 1. The minimum Gasteiger partial charge on any atom is -0.481 e. The van der Waals surface area contributed by atoms with E-state index in [-0.39, 0.29) is 17.9 Å². The van der Waals surface area contributed by atoms with Gasteiger partial charge in [0, 0.05) is 11.6 Å². The van der Waals surface area contributed by atoms with Crippen molar-refractivity contribution < 1.29 is 9.90 Å². The minimum atomic E-state index is -0.972. The molecule has 0 amide bonds. The first-order valence-electron chi connectivity index (χ1n) is 5.68. The highest BCUT2D eigenvalue weighted by atomic mass is 35.5. The van der Waals surface area contributed by atoms with Gasteiger partial charge in [0.05, 0.1) is 16.7 Å². The first-order chi connectivity index (χ1) is 9.52. The van der Waals surface area contributed by atoms with Crippen LogP contribution in [0, 0.1) is 0 Å². The standard InChI is InChI=1S/C13H11ClN2O3S/c1-2-5-16-12(19)9-4-3-8(14)6-10(9)15-13(16)20-7-11(17)18/h2-4,6H,1,5,7H2,(H,17,18). The third-order valence-electron chi connectivity index (χ3n) is 2.52. The van der Waals surface area contributed by atoms with E-state index < -0.39 is 5.97 Å². The summed E-state index contributed by atoms with van der Waals surface area (Å²) in [5.74, 6) is -1.14. The number of fused-ring (bicyclic) bond motifs is 1. The lowest BCUT2D eigenvalue weighted by Crippen LogP contribution is -2.23. The zero-order valence-electron chi connectivity index (χ0n) is 10.4. The van der Waals surface area contributed by atoms with Crippen molar-refractivity contribution >= 4 is 40.2 Å². The Kier molecular flexibility index (Phi) is 4.46. The normalized spacial score (nSPS) is 10.7. The molecule has 0 saturated heterocycles. The molecule has 1 heterocycles. The minimum absolute atomic E-state index is 0.171. The van der Waals surface area contributed by atoms with Crippen molar-refractivity contribution in [3.8, 4) is 0 Å². The molecule has 2 rings (SSSR count). The van der Waals surface area contributed by atoms with Gasteiger partial charge in [0.2, 0.25) is 0 Å². The van der Waals surface area contributed by atoms with Crippen LogP contribution in [0.5, 0.6) is 0 Å². The van der Waals surface area contributed by atoms with Crippen LogP contribution in [-0.2, 0) is 11.3 Å². The number of aromatic nitrogens is 2. The van der Waals surface area contributed by atoms with Gasteiger partial charge >= 0.3 is 5.97 Å². The van der Waals surface area contributed by atoms with E-state index in [2.05, 4.69) is 11.6 Å². The number of nitrogens with zero attached hydrogens (tertiary/aromatic N) is 2. The number of carboxylic acid groups (broad SMARTS) is 1. The maximum absolute atomic E-state index is 12.4. The summed E-state index contributed by atoms with van der Waals surface area (Å²) in [4.78, 5) is 27.4. The number of benzene rings is 1. The first-order valence-corrected chi connectivity index (χ1v) is 7.05. The molecule has 0 aliphatic carbocycles. The molecule has 1 N–H and O–H groups in total. The SMILES string of the molecule is C=CCn1c(SCC(=O)O)nc2cc(Cl)ccc2c1=O. The van der Waals surface area contributed by atoms with Crippen LogP contribution in [0.4, 0.5) is 0 Å². The molecule has 20 heavy (non-hydrogen) atoms. The third kappa shape index (κ3) is 3.02. The average Bonchev–Trinajstić information content (AvgIpc) is 2.39. The number of rotatable bonds is 5. The molecule has 0 fully saturated rings. The maximum Gasteiger partial charge on any atom is 0.313 e. The molecule has 1 aromatic heterocycles. The van der Waals surface area contributed by atoms with Gasteiger partial charge in [-0.3, -0.25) is 14.2 Å². The summed E-state index contributed by atoms with van der Waals surface area (Å²) in [6.45, 7) is 3.86. The van der Waals surface area contributed by atoms with E-state index in [0.29, 0.717) is 21.1 Å². The summed E-state index contributed by atoms with van der Waals surface area (Å²) in [5, 5.41) is 10.00. The highest BCUT2D eigenvalue weighted by molar-refractivity contribution is 7.99. The number of halogens is 1. The Morgan fingerprint density at radius 1 is 1.55 bits per heavy atom. The van der Waals surface area contributed by atoms with Crippen molar-refractivity contribution in [1.82, 2.24) is 9.55 Å². The molecule has 0 spiro atoms. The van der Waals surface area contributed by atoms with Crippen LogP contribution in [0.15, 0.2) is 40.8 Å². The van der Waals surface area contributed by atoms with Gasteiger partial charge in [-0.05, 0) is 18.2 Å². The molecule has 0 atom stereocenters. The second-order valence-electron chi connectivity index (χ2n) is 3.94. The van der Waals surface area contributed by atoms with E-state index in [0.717, 1.165) is 11.8 Å². The molecule has 1 aromatic carbocycles. The van der Waals surface area contributed by atoms with Crippen LogP contribution < -0.4 is 5.56 Å². The van der Waals surface area contributed by atoms with E-state index in [9.17, 15) is 9.59 Å². The molecule has 0 unspecified atom stereocenters. The van der Waals surface area contributed by atoms with E-state index >= 15 is 0 Å². The smallest absolute Gasteiger partial charge is 0.313 e. The fraction of sp³-hybridized carbons (Fsp3) is 0.154. The highest BCUT2D eigenvalue weighted by Crippen LogP contribution is 2.20. The Morgan fingerprint density at radius 3 is 2.95 bits per heavy atom. The van der Waals surface area contributed by atoms with Crippen LogP contribution in [0.3, 0.4) is 0 Å². The van der Waals surface area contributed by atoms with Crippen molar-refractivity contribution in [2.75, 3.05) is 5.75 Å². The average molecular weight is 311 g/mol. The number of allylic oxidation sites excluding steroid dienone is 1. The zero-order valence-corrected chi connectivity index (χ0v) is 11.9. The first kappa shape index (κ1) is 14.6. The molecule has 5 nitrogen and oxygen atoms in total. The predicted octanol–water partition coefficient (Wildman–Crippen LogP) is 2.41. The van der Waals surface area contributed by atoms with Crippen molar-refractivity contribution in [3.63, 3.8) is 0 Å². The Balaban J connectivity index is 2.63. The Hall–Kier alpha value is -1.79. The number of carboxylic acids is 1. The molecule has 0 aliphatic heterocycles. The fourth-order valence-corrected chi connectivity index (χ4v) is 2.60. The van der Waals surface area contributed by atoms with E-state index in [4.69, 9.17) is 16.7 Å². The third-order valence-corrected chi connectivity index (χ3v) is 3.72. The quantitative estimate of drug-likeness (QED) is 0.521. The number of carbonyl (C=O) groups is 1. The van der Waals surface area contributed by atoms with Gasteiger partial charge in [0.1, 0.15) is 0 Å². The fourth-order valence-electron chi connectivity index (χ4n) is 1.70. The van der Waals surface area contributed by atoms with Gasteiger partial charge in [-0.25, -0.2) is 4.98 Å². The summed E-state index contributed by atoms with van der Waals surface area (Å²) < 4.78 is 1.40. The van der Waals surface area contributed by atoms with Crippen LogP contribution in [0.2, 0.25) is 5.02 Å². The van der Waals surface area contributed by atoms with Crippen molar-refractivity contribution in [2.24, 2.45) is 0 Å². The van der Waals surface area contributed by atoms with E-state index in [1.54, 1.807) is 24.3 Å². The van der Waals surface area contributed by atoms with E-state index in [1.165, 1.54) is 4.57 Å². The van der Waals surface area contributed by atoms with Crippen LogP contribution in [-0.4, -0.2) is 26.4 Å². The highest BCUT2D eigenvalue weighted by Gasteiger charge is 2.12. The molecule has 0 radical (unpaired) electrons. The van der Waals surface area contributed by atoms with Gasteiger partial charge in [-0.1, -0.05) is 29.4 Å². The topological polar surface area (TPSA) is 72.2 Å². The van der Waals surface area contributed by atoms with Crippen molar-refractivity contribution in [3.05, 3.63) is 46.2 Å². The van der Waals surface area contributed by atoms with Crippen LogP contribution >= 0.6 is 23.4 Å². The Bertz CT molecular complexity index is 742. The lowest BCUT2D eigenvalue weighted by Gasteiger charge is -2.10. The summed E-state index contributed by atoms with van der Waals surface area (Å²) in [7, 11) is 0. The zero-order chi connectivity index (χ0) is 14.7. The molecule has 0 saturated carbocycles. The monoisotopic (exact) mass is 310 g/mol. The molecule has 0 aliphatic rings. The number of hydrogen-bond donors (Lipinski definition) is 1. The second-order valence-corrected chi connectivity index (χ2v) is 5.32. The molecule has 104 valence electrons. The Labute approximate surface area is 123 Å². The lowest BCUT2D eigenvalue weighted by atomic mass is 10.2. The molecular weight excluding hydrogens is 300 g/mol. The van der Waals surface area contributed by atoms with Gasteiger partial charge < -0.3 is 5.11 Å². The van der Waals surface area contributed by atoms with Gasteiger partial charge in [-0.15, -0.1) is 6.58 Å². The summed E-state index contributed by atoms with van der Waals surface area (Å²) in [5.41, 5.74) is 0.218. The summed E-state index contributed by atoms with van der Waals surface area (Å²) in [6, 6.07) is 4.81. The molecule has 7 heteroatoms. The molecular formula is C13H11ClN2O3S. The number of thioether (sulfide) groups is 1. The van der Waals surface area contributed by atoms with Gasteiger partial charge in [0.25, 0.3) is 5.56 Å². The summed E-state index contributed by atoms with van der Waals surface area (Å²) in [6.07, 6.45) is 1.57. The largest absolute Gasteiger partial charge is 0.481 e. The molecule has 2 aromatic rings. The van der Waals surface area contributed by atoms with Crippen LogP contribution in [0.25, 0.3) is 10.9 Å². The molecule has 0 bridgehead atoms. The Morgan fingerprint density at radius 2 is 2.30 bits per heavy atom. The predicted molar refractivity (Wildman–Crippen MR) is 79.6 cm³/mol. The lowest BCUT2D eigenvalue weighted by molar-refractivity contribution is -0.133. The number of hydrogen-bond acceptors (Lipinski definition) is 4. The summed E-state index contributed by atoms with van der Waals surface area (Å²) >= 11 is 6.88. The van der Waals surface area contributed by atoms with Crippen molar-refractivity contribution in [1.29, 1.82) is 0 Å². The van der Waals surface area contributed by atoms with Gasteiger partial charge in [-0.2, -0.15) is 0 Å². The van der Waals surface area contributed by atoms with Crippen LogP contribution in [0.1, 0.15) is 0 Å². The maximum atomic E-state index is 12.4. The van der Waals surface area contributed by atoms with Crippen molar-refractivity contribution in [2.45, 2.75) is 11.7 Å². The second kappa shape index (κ2) is 6.11.